The minimum Gasteiger partial charge on any atom is -0.368 e. The van der Waals surface area contributed by atoms with Gasteiger partial charge in [-0.1, -0.05) is 29.0 Å². The predicted molar refractivity (Wildman–Crippen MR) is 419 cm³/mol. The highest BCUT2D eigenvalue weighted by atomic mass is 35.5. The molecule has 15 rings (SSSR count). The molecule has 0 aliphatic carbocycles. The number of alkyl halides is 3. The zero-order valence-electron chi connectivity index (χ0n) is 58.6. The highest BCUT2D eigenvalue weighted by molar-refractivity contribution is 7.93. The fourth-order valence-electron chi connectivity index (χ4n) is 13.0. The Morgan fingerprint density at radius 3 is 1.43 bits per heavy atom. The number of anilines is 6. The van der Waals surface area contributed by atoms with Crippen LogP contribution in [-0.4, -0.2) is 184 Å². The molecule has 3 amide bonds. The minimum atomic E-state index is -4.47. The number of fused-ring (bicyclic) bond motifs is 3. The van der Waals surface area contributed by atoms with Gasteiger partial charge in [-0.2, -0.15) is 21.9 Å². The van der Waals surface area contributed by atoms with Gasteiger partial charge in [0.2, 0.25) is 33.1 Å². The molecule has 0 radical (unpaired) electrons. The van der Waals surface area contributed by atoms with Crippen molar-refractivity contribution in [1.29, 1.82) is 0 Å². The number of pyridine rings is 1. The normalized spacial score (nSPS) is 15.4. The van der Waals surface area contributed by atoms with Crippen LogP contribution in [0.25, 0.3) is 32.8 Å². The number of carbonyl (C=O) groups is 3. The maximum Gasteiger partial charge on any atom is 0.416 e. The van der Waals surface area contributed by atoms with Crippen LogP contribution < -0.4 is 28.9 Å². The van der Waals surface area contributed by atoms with E-state index < -0.39 is 59.7 Å². The van der Waals surface area contributed by atoms with Gasteiger partial charge in [0.15, 0.2) is 0 Å². The van der Waals surface area contributed by atoms with Crippen molar-refractivity contribution in [2.24, 2.45) is 0 Å². The van der Waals surface area contributed by atoms with Gasteiger partial charge in [-0.05, 0) is 160 Å². The van der Waals surface area contributed by atoms with Crippen LogP contribution in [0.4, 0.5) is 50.0 Å². The van der Waals surface area contributed by atoms with Gasteiger partial charge in [-0.25, -0.2) is 44.6 Å². The lowest BCUT2D eigenvalue weighted by molar-refractivity contribution is -0.137. The average Bonchev–Trinajstić information content (AvgIpc) is 1.66. The van der Waals surface area contributed by atoms with Gasteiger partial charge in [0, 0.05) is 170 Å². The second-order valence-corrected chi connectivity index (χ2v) is 33.5. The summed E-state index contributed by atoms with van der Waals surface area (Å²) in [5, 5.41) is 10.9. The highest BCUT2D eigenvalue weighted by Gasteiger charge is 2.34. The lowest BCUT2D eigenvalue weighted by atomic mass is 10.1. The Morgan fingerprint density at radius 1 is 0.514 bits per heavy atom. The number of sulfonamides is 3. The van der Waals surface area contributed by atoms with Crippen molar-refractivity contribution in [3.63, 3.8) is 0 Å². The van der Waals surface area contributed by atoms with E-state index in [4.69, 9.17) is 11.6 Å². The number of rotatable bonds is 18. The van der Waals surface area contributed by atoms with Gasteiger partial charge in [0.1, 0.15) is 47.3 Å². The summed E-state index contributed by atoms with van der Waals surface area (Å²) in [6.45, 7) is 13.8. The van der Waals surface area contributed by atoms with Gasteiger partial charge in [0.05, 0.1) is 26.4 Å². The number of benzene rings is 5. The molecule has 28 nitrogen and oxygen atoms in total. The summed E-state index contributed by atoms with van der Waals surface area (Å²) in [7, 11) is -11.3. The number of nitrogens with zero attached hydrogens (tertiary/aromatic N) is 16. The second kappa shape index (κ2) is 32.1. The SMILES string of the molecule is CC(C(=O)N1CCN(c2ccc(S(=O)(=O)Nc3nncs3)cc2)CC1)n1ccc2cc(F)cnc21.C[C@H](C(=O)N1CCN(c2ccc(S(=O)(=O)Nc3ncns3)cc2)CC1)n1ccc2ccc(C(F)(F)F)cc21.Cc1nsc(NS(=O)(=O)c2ccc(N3CCN(C(=O)C(C)n4ccc5cc(Cl)ccc54)CC3)cc2)n1.[HH].[HH].[HH].[HH]. The summed E-state index contributed by atoms with van der Waals surface area (Å²) in [5.41, 5.74) is 5.20. The van der Waals surface area contributed by atoms with Crippen LogP contribution in [-0.2, 0) is 50.6 Å². The molecule has 2 unspecified atom stereocenters. The van der Waals surface area contributed by atoms with Crippen LogP contribution in [0.5, 0.6) is 0 Å². The fraction of sp³-hybridized carbons (Fsp3) is 0.286. The summed E-state index contributed by atoms with van der Waals surface area (Å²) >= 11 is 9.14. The number of piperazine rings is 3. The molecule has 7 aromatic heterocycles. The molecule has 3 N–H and O–H groups in total. The van der Waals surface area contributed by atoms with Crippen molar-refractivity contribution in [1.82, 2.24) is 62.3 Å². The summed E-state index contributed by atoms with van der Waals surface area (Å²) in [4.78, 5) is 63.7. The standard InChI is InChI=1S/C24H25ClN6O3S2.C24H23F3N6O3S2.C22H22FN7O3S2.4H2/c1-16(31-10-9-18-15-19(25)3-8-22(18)31)23(32)30-13-11-29(12-14-30)20-4-6-21(7-5-20)36(33,34)28-24-26-17(2)27-35-24;1-16(33-9-8-17-2-3-18(14-21(17)33)24(25,26)27)22(34)32-12-10-31(11-13-32)19-4-6-20(7-5-19)38(35,36)30-23-28-15-29-37-23;1-15(30-7-6-16-12-17(23)13-24-20(16)30)21(31)29-10-8-28(9-11-29)18-2-4-19(5-3-18)35(32,33)27-22-26-25-14-34-22;;;;/h3-10,15-16H,11-14H2,1-2H3,(H,26,27,28);2-9,14-16H,10-13H2,1H3,(H,28,29,30);2-7,12-15H,8-11H2,1H3,(H,26,27);4*1H/t;16-;;;;;/m.1...../s1. The van der Waals surface area contributed by atoms with E-state index in [9.17, 15) is 57.2 Å². The third-order valence-corrected chi connectivity index (χ3v) is 25.4. The van der Waals surface area contributed by atoms with Gasteiger partial charge in [0.25, 0.3) is 30.1 Å². The maximum absolute atomic E-state index is 13.4. The molecule has 39 heteroatoms. The lowest BCUT2D eigenvalue weighted by Gasteiger charge is -2.37. The third-order valence-electron chi connectivity index (χ3n) is 18.8. The summed E-state index contributed by atoms with van der Waals surface area (Å²) in [6, 6.07) is 34.3. The van der Waals surface area contributed by atoms with Crippen LogP contribution in [0, 0.1) is 12.7 Å². The predicted octanol–water partition coefficient (Wildman–Crippen LogP) is 12.1. The Kier molecular flexibility index (Phi) is 22.6. The first-order valence-electron chi connectivity index (χ1n) is 33.9. The summed E-state index contributed by atoms with van der Waals surface area (Å²) in [5.74, 6) is -0.0292. The van der Waals surface area contributed by atoms with Gasteiger partial charge < -0.3 is 43.1 Å². The van der Waals surface area contributed by atoms with E-state index in [0.717, 1.165) is 80.7 Å². The Hall–Kier alpha value is -10.4. The highest BCUT2D eigenvalue weighted by Crippen LogP contribution is 2.35. The van der Waals surface area contributed by atoms with Crippen molar-refractivity contribution >= 4 is 159 Å². The van der Waals surface area contributed by atoms with Crippen LogP contribution in [0.1, 0.15) is 56.0 Å². The number of hydrogen-bond donors (Lipinski definition) is 3. The Balaban J connectivity index is 0.000000191. The molecule has 3 aliphatic rings. The number of amides is 3. The minimum absolute atomic E-state index is 0. The Morgan fingerprint density at radius 2 is 0.972 bits per heavy atom. The van der Waals surface area contributed by atoms with Gasteiger partial charge >= 0.3 is 6.18 Å². The van der Waals surface area contributed by atoms with E-state index in [2.05, 4.69) is 57.9 Å². The van der Waals surface area contributed by atoms with E-state index in [1.165, 1.54) is 36.1 Å². The zero-order valence-corrected chi connectivity index (χ0v) is 64.2. The molecule has 12 aromatic rings. The number of aromatic nitrogens is 10. The van der Waals surface area contributed by atoms with Crippen molar-refractivity contribution in [3.05, 3.63) is 192 Å². The maximum atomic E-state index is 13.4. The molecule has 10 heterocycles. The first kappa shape index (κ1) is 76.8. The lowest BCUT2D eigenvalue weighted by Crippen LogP contribution is -2.50. The van der Waals surface area contributed by atoms with Crippen molar-refractivity contribution < 1.29 is 62.9 Å². The largest absolute Gasteiger partial charge is 0.416 e. The number of carbonyl (C=O) groups excluding carboxylic acids is 3. The molecule has 0 bridgehead atoms. The monoisotopic (exact) mass is 1630 g/mol. The van der Waals surface area contributed by atoms with Crippen molar-refractivity contribution in [3.8, 4) is 0 Å². The van der Waals surface area contributed by atoms with Crippen molar-refractivity contribution in [2.75, 3.05) is 107 Å². The molecule has 109 heavy (non-hydrogen) atoms. The molecule has 3 fully saturated rings. The molecule has 3 aliphatic heterocycles. The fourth-order valence-corrected chi connectivity index (χ4v) is 18.3. The molecule has 5 aromatic carbocycles. The van der Waals surface area contributed by atoms with E-state index in [1.54, 1.807) is 118 Å². The number of nitrogens with one attached hydrogen (secondary N) is 3. The van der Waals surface area contributed by atoms with Gasteiger partial charge in [-0.15, -0.1) is 10.2 Å². The number of halogens is 5. The Bertz CT molecular complexity index is 5620. The van der Waals surface area contributed by atoms with Crippen LogP contribution in [0.3, 0.4) is 0 Å². The average molecular weight is 1630 g/mol. The number of hydrogen-bond acceptors (Lipinski definition) is 22. The third kappa shape index (κ3) is 17.5. The van der Waals surface area contributed by atoms with E-state index in [1.807, 2.05) is 58.7 Å². The van der Waals surface area contributed by atoms with Gasteiger partial charge in [-0.3, -0.25) is 28.5 Å². The van der Waals surface area contributed by atoms with Crippen LogP contribution in [0.15, 0.2) is 185 Å². The smallest absolute Gasteiger partial charge is 0.368 e. The molecule has 3 saturated heterocycles. The molecule has 0 saturated carbocycles. The topological polar surface area (TPSA) is 314 Å². The summed E-state index contributed by atoms with van der Waals surface area (Å²) < 4.78 is 149. The molecular weight excluding hydrogens is 1550 g/mol. The van der Waals surface area contributed by atoms with E-state index >= 15 is 0 Å². The molecular formula is C70H78ClF4N19O9S6. The quantitative estimate of drug-likeness (QED) is 0.0672. The van der Waals surface area contributed by atoms with E-state index in [0.29, 0.717) is 111 Å². The van der Waals surface area contributed by atoms with Crippen LogP contribution in [0.2, 0.25) is 5.02 Å². The molecule has 578 valence electrons. The first-order valence-corrected chi connectivity index (χ1v) is 41.2. The summed E-state index contributed by atoms with van der Waals surface area (Å²) in [6.07, 6.45) is 3.27. The zero-order chi connectivity index (χ0) is 77.1. The second-order valence-electron chi connectivity index (χ2n) is 25.6. The van der Waals surface area contributed by atoms with Crippen molar-refractivity contribution in [2.45, 2.75) is 66.7 Å². The molecule has 0 spiro atoms. The number of aryl methyl sites for hydroxylation is 1. The first-order chi connectivity index (χ1) is 52.0. The Labute approximate surface area is 646 Å². The van der Waals surface area contributed by atoms with Crippen LogP contribution >= 0.6 is 46.0 Å². The van der Waals surface area contributed by atoms with E-state index in [-0.39, 0.29) is 59.6 Å². The molecule has 3 atom stereocenters.